The summed E-state index contributed by atoms with van der Waals surface area (Å²) in [5.41, 5.74) is 6.76. The number of fused-ring (bicyclic) bond motifs is 1. The number of hydrogen-bond donors (Lipinski definition) is 2. The number of para-hydroxylation sites is 2. The molecule has 2 N–H and O–H groups in total. The highest BCUT2D eigenvalue weighted by Crippen LogP contribution is 2.29. The van der Waals surface area contributed by atoms with E-state index in [2.05, 4.69) is 41.8 Å². The maximum Gasteiger partial charge on any atom is 0.267 e. The number of hydrogen-bond acceptors (Lipinski definition) is 3. The van der Waals surface area contributed by atoms with Crippen LogP contribution in [0.1, 0.15) is 24.0 Å². The summed E-state index contributed by atoms with van der Waals surface area (Å²) in [6.07, 6.45) is 2.95. The van der Waals surface area contributed by atoms with E-state index in [-0.39, 0.29) is 0 Å². The molecule has 0 saturated heterocycles. The summed E-state index contributed by atoms with van der Waals surface area (Å²) in [6, 6.07) is 26.5. The van der Waals surface area contributed by atoms with Crippen LogP contribution in [0.3, 0.4) is 0 Å². The number of benzene rings is 3. The molecule has 1 aromatic heterocycles. The molecule has 1 heterocycles. The molecular weight excluding hydrogens is 374 g/mol. The second kappa shape index (κ2) is 8.76. The summed E-state index contributed by atoms with van der Waals surface area (Å²) in [6.45, 7) is 3.02. The number of aromatic nitrogens is 2. The number of rotatable bonds is 6. The van der Waals surface area contributed by atoms with Gasteiger partial charge >= 0.3 is 0 Å². The highest BCUT2D eigenvalue weighted by Gasteiger charge is 2.16. The lowest BCUT2D eigenvalue weighted by molar-refractivity contribution is -0.124. The van der Waals surface area contributed by atoms with Gasteiger partial charge in [0, 0.05) is 18.2 Å². The number of amides is 1. The normalized spacial score (nSPS) is 12.3. The molecule has 0 radical (unpaired) electrons. The molecule has 0 aliphatic rings. The van der Waals surface area contributed by atoms with Gasteiger partial charge in [0.15, 0.2) is 0 Å². The first-order chi connectivity index (χ1) is 14.7. The van der Waals surface area contributed by atoms with Crippen molar-refractivity contribution in [3.63, 3.8) is 0 Å². The van der Waals surface area contributed by atoms with Crippen molar-refractivity contribution >= 4 is 23.0 Å². The third-order valence-corrected chi connectivity index (χ3v) is 5.16. The summed E-state index contributed by atoms with van der Waals surface area (Å²) in [4.78, 5) is 16.2. The van der Waals surface area contributed by atoms with Crippen LogP contribution in [-0.4, -0.2) is 20.7 Å². The molecule has 1 amide bonds. The first-order valence-corrected chi connectivity index (χ1v) is 9.88. The molecule has 0 aliphatic heterocycles. The number of nitrogens with one attached hydrogen (secondary N) is 1. The van der Waals surface area contributed by atoms with Crippen LogP contribution in [0, 0.1) is 0 Å². The predicted molar refractivity (Wildman–Crippen MR) is 119 cm³/mol. The predicted octanol–water partition coefficient (Wildman–Crippen LogP) is 5.03. The Hall–Kier alpha value is -3.70. The van der Waals surface area contributed by atoms with Gasteiger partial charge in [-0.3, -0.25) is 10.0 Å². The summed E-state index contributed by atoms with van der Waals surface area (Å²) in [7, 11) is 0. The van der Waals surface area contributed by atoms with Crippen LogP contribution in [0.25, 0.3) is 28.5 Å². The lowest BCUT2D eigenvalue weighted by Gasteiger charge is -2.16. The van der Waals surface area contributed by atoms with Gasteiger partial charge in [0.05, 0.1) is 11.0 Å². The Labute approximate surface area is 175 Å². The summed E-state index contributed by atoms with van der Waals surface area (Å²) in [5.74, 6) is 0.643. The van der Waals surface area contributed by atoms with Crippen LogP contribution >= 0.6 is 0 Å². The van der Waals surface area contributed by atoms with E-state index in [4.69, 9.17) is 10.2 Å². The lowest BCUT2D eigenvalue weighted by atomic mass is 10.0. The molecule has 0 fully saturated rings. The highest BCUT2D eigenvalue weighted by molar-refractivity contribution is 5.91. The van der Waals surface area contributed by atoms with E-state index in [1.807, 2.05) is 48.5 Å². The van der Waals surface area contributed by atoms with Gasteiger partial charge in [0.2, 0.25) is 0 Å². The van der Waals surface area contributed by atoms with Crippen LogP contribution in [0.5, 0.6) is 0 Å². The van der Waals surface area contributed by atoms with E-state index in [0.29, 0.717) is 5.92 Å². The standard InChI is InChI=1S/C25H23N3O2/c1-18(20-9-3-2-4-10-20)17-28-23-13-6-5-12-22(23)26-25(28)21-11-7-8-19(16-21)14-15-24(29)27-30/h2-16,18,30H,17H2,1H3,(H,27,29)/t18-/m1/s1. The molecule has 0 saturated carbocycles. The third-order valence-electron chi connectivity index (χ3n) is 5.16. The zero-order chi connectivity index (χ0) is 20.9. The Morgan fingerprint density at radius 1 is 1.07 bits per heavy atom. The molecule has 0 aliphatic carbocycles. The quantitative estimate of drug-likeness (QED) is 0.273. The summed E-state index contributed by atoms with van der Waals surface area (Å²) in [5, 5.41) is 8.68. The molecule has 1 atom stereocenters. The van der Waals surface area contributed by atoms with Gasteiger partial charge in [-0.2, -0.15) is 0 Å². The van der Waals surface area contributed by atoms with Crippen molar-refractivity contribution in [3.05, 3.63) is 96.1 Å². The minimum absolute atomic E-state index is 0.318. The van der Waals surface area contributed by atoms with E-state index >= 15 is 0 Å². The monoisotopic (exact) mass is 397 g/mol. The van der Waals surface area contributed by atoms with Crippen LogP contribution in [0.2, 0.25) is 0 Å². The van der Waals surface area contributed by atoms with Crippen molar-refractivity contribution in [1.82, 2.24) is 15.0 Å². The number of imidazole rings is 1. The van der Waals surface area contributed by atoms with Crippen molar-refractivity contribution in [3.8, 4) is 11.4 Å². The van der Waals surface area contributed by atoms with Gasteiger partial charge in [-0.05, 0) is 41.3 Å². The molecular formula is C25H23N3O2. The van der Waals surface area contributed by atoms with Gasteiger partial charge in [-0.25, -0.2) is 10.5 Å². The second-order valence-corrected chi connectivity index (χ2v) is 7.28. The van der Waals surface area contributed by atoms with E-state index in [1.54, 1.807) is 11.6 Å². The summed E-state index contributed by atoms with van der Waals surface area (Å²) >= 11 is 0. The fraction of sp³-hybridized carbons (Fsp3) is 0.120. The molecule has 150 valence electrons. The largest absolute Gasteiger partial charge is 0.323 e. The van der Waals surface area contributed by atoms with Gasteiger partial charge in [-0.1, -0.05) is 67.6 Å². The third kappa shape index (κ3) is 4.16. The van der Waals surface area contributed by atoms with Crippen LogP contribution in [0.15, 0.2) is 84.9 Å². The van der Waals surface area contributed by atoms with Crippen molar-refractivity contribution in [2.45, 2.75) is 19.4 Å². The maximum absolute atomic E-state index is 11.3. The van der Waals surface area contributed by atoms with Gasteiger partial charge in [0.25, 0.3) is 5.91 Å². The number of carbonyl (C=O) groups excluding carboxylic acids is 1. The van der Waals surface area contributed by atoms with Gasteiger partial charge in [-0.15, -0.1) is 0 Å². The van der Waals surface area contributed by atoms with Crippen LogP contribution in [0.4, 0.5) is 0 Å². The first-order valence-electron chi connectivity index (χ1n) is 9.88. The van der Waals surface area contributed by atoms with Gasteiger partial charge < -0.3 is 4.57 Å². The zero-order valence-corrected chi connectivity index (χ0v) is 16.7. The fourth-order valence-corrected chi connectivity index (χ4v) is 3.63. The maximum atomic E-state index is 11.3. The molecule has 5 heteroatoms. The molecule has 0 bridgehead atoms. The number of hydroxylamine groups is 1. The van der Waals surface area contributed by atoms with E-state index in [1.165, 1.54) is 11.6 Å². The molecule has 0 spiro atoms. The Balaban J connectivity index is 1.75. The lowest BCUT2D eigenvalue weighted by Crippen LogP contribution is -2.14. The van der Waals surface area contributed by atoms with Crippen LogP contribution < -0.4 is 5.48 Å². The molecule has 0 unspecified atom stereocenters. The van der Waals surface area contributed by atoms with Gasteiger partial charge in [0.1, 0.15) is 5.82 Å². The zero-order valence-electron chi connectivity index (χ0n) is 16.7. The number of carbonyl (C=O) groups is 1. The van der Waals surface area contributed by atoms with E-state index < -0.39 is 5.91 Å². The minimum Gasteiger partial charge on any atom is -0.323 e. The molecule has 3 aromatic carbocycles. The Bertz CT molecular complexity index is 1200. The summed E-state index contributed by atoms with van der Waals surface area (Å²) < 4.78 is 2.26. The van der Waals surface area contributed by atoms with E-state index in [0.717, 1.165) is 34.5 Å². The van der Waals surface area contributed by atoms with Crippen LogP contribution in [-0.2, 0) is 11.3 Å². The van der Waals surface area contributed by atoms with E-state index in [9.17, 15) is 4.79 Å². The Morgan fingerprint density at radius 2 is 1.83 bits per heavy atom. The molecule has 4 aromatic rings. The second-order valence-electron chi connectivity index (χ2n) is 7.28. The fourth-order valence-electron chi connectivity index (χ4n) is 3.63. The van der Waals surface area contributed by atoms with Crippen molar-refractivity contribution in [2.75, 3.05) is 0 Å². The minimum atomic E-state index is -0.565. The van der Waals surface area contributed by atoms with Crippen molar-refractivity contribution in [1.29, 1.82) is 0 Å². The highest BCUT2D eigenvalue weighted by atomic mass is 16.5. The smallest absolute Gasteiger partial charge is 0.267 e. The Morgan fingerprint density at radius 3 is 2.63 bits per heavy atom. The van der Waals surface area contributed by atoms with Crippen molar-refractivity contribution in [2.24, 2.45) is 0 Å². The number of nitrogens with zero attached hydrogens (tertiary/aromatic N) is 2. The Kier molecular flexibility index (Phi) is 5.72. The van der Waals surface area contributed by atoms with Crippen molar-refractivity contribution < 1.29 is 10.0 Å². The molecule has 30 heavy (non-hydrogen) atoms. The molecule has 4 rings (SSSR count). The molecule has 5 nitrogen and oxygen atoms in total. The average molecular weight is 397 g/mol. The topological polar surface area (TPSA) is 67.2 Å². The SMILES string of the molecule is C[C@H](Cn1c(-c2cccc(C=CC(=O)NO)c2)nc2ccccc21)c1ccccc1. The average Bonchev–Trinajstić information content (AvgIpc) is 3.16. The first kappa shape index (κ1) is 19.6.